The van der Waals surface area contributed by atoms with Crippen molar-refractivity contribution in [3.05, 3.63) is 57.9 Å². The van der Waals surface area contributed by atoms with Crippen molar-refractivity contribution in [1.29, 1.82) is 0 Å². The van der Waals surface area contributed by atoms with Crippen LogP contribution in [0.5, 0.6) is 0 Å². The normalized spacial score (nSPS) is 11.6. The molecule has 0 bridgehead atoms. The summed E-state index contributed by atoms with van der Waals surface area (Å²) < 4.78 is 3.40. The molecule has 0 spiro atoms. The lowest BCUT2D eigenvalue weighted by Gasteiger charge is -2.04. The molecule has 134 valence electrons. The van der Waals surface area contributed by atoms with Gasteiger partial charge in [0.15, 0.2) is 17.0 Å². The summed E-state index contributed by atoms with van der Waals surface area (Å²) in [7, 11) is 0. The van der Waals surface area contributed by atoms with E-state index in [9.17, 15) is 4.79 Å². The third-order valence-corrected chi connectivity index (χ3v) is 4.40. The number of rotatable bonds is 6. The van der Waals surface area contributed by atoms with Crippen molar-refractivity contribution in [3.63, 3.8) is 0 Å². The lowest BCUT2D eigenvalue weighted by atomic mass is 10.1. The number of hydrogen-bond donors (Lipinski definition) is 1. The summed E-state index contributed by atoms with van der Waals surface area (Å²) in [5, 5.41) is 4.60. The van der Waals surface area contributed by atoms with Gasteiger partial charge in [0.05, 0.1) is 0 Å². The molecular formula is C19H22N6O. The Hall–Kier alpha value is -2.96. The fraction of sp³-hybridized carbons (Fsp3) is 0.368. The van der Waals surface area contributed by atoms with Crippen LogP contribution in [0.3, 0.4) is 0 Å². The monoisotopic (exact) mass is 350 g/mol. The molecule has 7 nitrogen and oxygen atoms in total. The number of H-pyrrole nitrogens is 1. The topological polar surface area (TPSA) is 80.9 Å². The maximum atomic E-state index is 13.0. The highest BCUT2D eigenvalue weighted by Crippen LogP contribution is 2.14. The molecule has 1 aromatic carbocycles. The minimum absolute atomic E-state index is 0.0865. The molecule has 4 aromatic rings. The minimum Gasteiger partial charge on any atom is -0.336 e. The summed E-state index contributed by atoms with van der Waals surface area (Å²) in [6.45, 7) is 4.74. The molecule has 0 saturated heterocycles. The van der Waals surface area contributed by atoms with Gasteiger partial charge in [-0.05, 0) is 18.4 Å². The number of aryl methyl sites for hydroxylation is 2. The van der Waals surface area contributed by atoms with Gasteiger partial charge < -0.3 is 4.98 Å². The molecule has 26 heavy (non-hydrogen) atoms. The Bertz CT molecular complexity index is 1110. The summed E-state index contributed by atoms with van der Waals surface area (Å²) in [6, 6.07) is 10.1. The number of imidazole rings is 1. The maximum absolute atomic E-state index is 13.0. The molecule has 0 saturated carbocycles. The first-order valence-corrected chi connectivity index (χ1v) is 9.12. The average molecular weight is 350 g/mol. The van der Waals surface area contributed by atoms with Crippen LogP contribution in [0.15, 0.2) is 35.1 Å². The molecule has 0 fully saturated rings. The van der Waals surface area contributed by atoms with E-state index < -0.39 is 0 Å². The van der Waals surface area contributed by atoms with Gasteiger partial charge in [-0.1, -0.05) is 44.2 Å². The Morgan fingerprint density at radius 2 is 1.88 bits per heavy atom. The molecule has 0 unspecified atom stereocenters. The number of nitrogens with zero attached hydrogens (tertiary/aromatic N) is 5. The zero-order valence-corrected chi connectivity index (χ0v) is 15.1. The van der Waals surface area contributed by atoms with E-state index in [0.717, 1.165) is 36.5 Å². The second-order valence-electron chi connectivity index (χ2n) is 6.49. The van der Waals surface area contributed by atoms with Crippen molar-refractivity contribution in [2.45, 2.75) is 46.1 Å². The van der Waals surface area contributed by atoms with Gasteiger partial charge in [-0.2, -0.15) is 9.50 Å². The van der Waals surface area contributed by atoms with Gasteiger partial charge in [0.2, 0.25) is 5.78 Å². The molecule has 0 amide bonds. The van der Waals surface area contributed by atoms with Crippen molar-refractivity contribution >= 4 is 16.9 Å². The summed E-state index contributed by atoms with van der Waals surface area (Å²) in [4.78, 5) is 25.4. The molecule has 0 aliphatic rings. The lowest BCUT2D eigenvalue weighted by Crippen LogP contribution is -2.23. The van der Waals surface area contributed by atoms with Gasteiger partial charge in [0.1, 0.15) is 5.82 Å². The van der Waals surface area contributed by atoms with Crippen molar-refractivity contribution in [2.75, 3.05) is 0 Å². The predicted octanol–water partition coefficient (Wildman–Crippen LogP) is 2.72. The first kappa shape index (κ1) is 16.5. The number of hydrogen-bond acceptors (Lipinski definition) is 4. The summed E-state index contributed by atoms with van der Waals surface area (Å²) >= 11 is 0. The summed E-state index contributed by atoms with van der Waals surface area (Å²) in [5.41, 5.74) is 2.10. The molecule has 0 atom stereocenters. The molecule has 3 heterocycles. The predicted molar refractivity (Wildman–Crippen MR) is 100 cm³/mol. The SMILES string of the molecule is CCCc1nc2n(CCC)c(=O)c3[nH]c(Cc4ccccc4)nc3n2n1. The number of aromatic amines is 1. The van der Waals surface area contributed by atoms with E-state index in [4.69, 9.17) is 0 Å². The Morgan fingerprint density at radius 3 is 2.62 bits per heavy atom. The highest BCUT2D eigenvalue weighted by Gasteiger charge is 2.18. The first-order valence-electron chi connectivity index (χ1n) is 9.12. The number of nitrogens with one attached hydrogen (secondary N) is 1. The Kier molecular flexibility index (Phi) is 4.28. The fourth-order valence-corrected chi connectivity index (χ4v) is 3.23. The minimum atomic E-state index is -0.0865. The van der Waals surface area contributed by atoms with E-state index in [1.54, 1.807) is 9.08 Å². The molecule has 3 aromatic heterocycles. The van der Waals surface area contributed by atoms with Crippen LogP contribution in [0.1, 0.15) is 43.9 Å². The summed E-state index contributed by atoms with van der Waals surface area (Å²) in [6.07, 6.45) is 3.23. The van der Waals surface area contributed by atoms with Crippen LogP contribution >= 0.6 is 0 Å². The third-order valence-electron chi connectivity index (χ3n) is 4.40. The highest BCUT2D eigenvalue weighted by atomic mass is 16.1. The quantitative estimate of drug-likeness (QED) is 0.580. The average Bonchev–Trinajstić information content (AvgIpc) is 3.24. The smallest absolute Gasteiger partial charge is 0.281 e. The highest BCUT2D eigenvalue weighted by molar-refractivity contribution is 5.72. The van der Waals surface area contributed by atoms with E-state index in [1.165, 1.54) is 0 Å². The van der Waals surface area contributed by atoms with Gasteiger partial charge in [-0.15, -0.1) is 5.10 Å². The number of fused-ring (bicyclic) bond motifs is 3. The van der Waals surface area contributed by atoms with Crippen LogP contribution in [-0.4, -0.2) is 29.1 Å². The van der Waals surface area contributed by atoms with E-state index in [1.807, 2.05) is 37.3 Å². The van der Waals surface area contributed by atoms with E-state index in [0.29, 0.717) is 29.9 Å². The molecule has 4 rings (SSSR count). The zero-order chi connectivity index (χ0) is 18.1. The molecule has 7 heteroatoms. The molecule has 1 N–H and O–H groups in total. The fourth-order valence-electron chi connectivity index (χ4n) is 3.23. The van der Waals surface area contributed by atoms with Crippen LogP contribution in [0.4, 0.5) is 0 Å². The van der Waals surface area contributed by atoms with Crippen LogP contribution < -0.4 is 5.56 Å². The Morgan fingerprint density at radius 1 is 1.08 bits per heavy atom. The largest absolute Gasteiger partial charge is 0.336 e. The van der Waals surface area contributed by atoms with Crippen molar-refractivity contribution < 1.29 is 0 Å². The van der Waals surface area contributed by atoms with Crippen LogP contribution in [-0.2, 0) is 19.4 Å². The maximum Gasteiger partial charge on any atom is 0.281 e. The van der Waals surface area contributed by atoms with Gasteiger partial charge in [-0.25, -0.2) is 4.98 Å². The lowest BCUT2D eigenvalue weighted by molar-refractivity contribution is 0.659. The van der Waals surface area contributed by atoms with Gasteiger partial charge >= 0.3 is 0 Å². The molecule has 0 radical (unpaired) electrons. The van der Waals surface area contributed by atoms with Gasteiger partial charge in [-0.3, -0.25) is 9.36 Å². The molecule has 0 aliphatic heterocycles. The van der Waals surface area contributed by atoms with Crippen LogP contribution in [0.25, 0.3) is 16.9 Å². The number of benzene rings is 1. The van der Waals surface area contributed by atoms with E-state index in [2.05, 4.69) is 27.0 Å². The standard InChI is InChI=1S/C19H22N6O/c1-3-8-14-22-19-24(11-4-2)18(26)16-17(25(19)23-14)21-15(20-16)12-13-9-6-5-7-10-13/h5-7,9-10H,3-4,8,11-12H2,1-2H3,(H,20,21). The van der Waals surface area contributed by atoms with Crippen molar-refractivity contribution in [2.24, 2.45) is 0 Å². The number of aromatic nitrogens is 6. The second-order valence-corrected chi connectivity index (χ2v) is 6.49. The molecular weight excluding hydrogens is 328 g/mol. The van der Waals surface area contributed by atoms with Crippen molar-refractivity contribution in [1.82, 2.24) is 29.1 Å². The van der Waals surface area contributed by atoms with Gasteiger partial charge in [0.25, 0.3) is 5.56 Å². The van der Waals surface area contributed by atoms with E-state index in [-0.39, 0.29) is 5.56 Å². The van der Waals surface area contributed by atoms with E-state index >= 15 is 0 Å². The summed E-state index contributed by atoms with van der Waals surface area (Å²) in [5.74, 6) is 2.08. The first-order chi connectivity index (χ1) is 12.7. The van der Waals surface area contributed by atoms with Crippen LogP contribution in [0.2, 0.25) is 0 Å². The molecule has 0 aliphatic carbocycles. The third kappa shape index (κ3) is 2.79. The van der Waals surface area contributed by atoms with Crippen molar-refractivity contribution in [3.8, 4) is 0 Å². The Balaban J connectivity index is 1.91. The Labute approximate surface area is 150 Å². The van der Waals surface area contributed by atoms with Gasteiger partial charge in [0, 0.05) is 19.4 Å². The second kappa shape index (κ2) is 6.74. The van der Waals surface area contributed by atoms with Crippen LogP contribution in [0, 0.1) is 0 Å². The zero-order valence-electron chi connectivity index (χ0n) is 15.1.